The molecule has 0 aliphatic carbocycles. The molecule has 0 amide bonds. The van der Waals surface area contributed by atoms with Gasteiger partial charge in [-0.15, -0.1) is 0 Å². The lowest BCUT2D eigenvalue weighted by atomic mass is 10.1. The van der Waals surface area contributed by atoms with Crippen molar-refractivity contribution in [1.29, 1.82) is 0 Å². The number of benzene rings is 2. The first-order valence-electron chi connectivity index (χ1n) is 11.3. The molecule has 0 heterocycles. The molecule has 0 atom stereocenters. The summed E-state index contributed by atoms with van der Waals surface area (Å²) in [6.07, 6.45) is 2.71. The van der Waals surface area contributed by atoms with E-state index < -0.39 is 11.6 Å². The quantitative estimate of drug-likeness (QED) is 0.249. The molecule has 0 aromatic heterocycles. The van der Waals surface area contributed by atoms with Gasteiger partial charge in [-0.25, -0.2) is 4.79 Å². The van der Waals surface area contributed by atoms with Crippen LogP contribution in [0.2, 0.25) is 0 Å². The lowest BCUT2D eigenvalue weighted by molar-refractivity contribution is -0.152. The lowest BCUT2D eigenvalue weighted by Gasteiger charge is -2.21. The predicted octanol–water partition coefficient (Wildman–Crippen LogP) is 4.91. The van der Waals surface area contributed by atoms with E-state index in [4.69, 9.17) is 4.74 Å². The number of aryl methyl sites for hydroxylation is 2. The van der Waals surface area contributed by atoms with Gasteiger partial charge in [0, 0.05) is 13.0 Å². The van der Waals surface area contributed by atoms with Crippen LogP contribution in [0.15, 0.2) is 53.6 Å². The number of carboxylic acids is 1. The Hall–Kier alpha value is -3.02. The van der Waals surface area contributed by atoms with Gasteiger partial charge in [-0.05, 0) is 62.8 Å². The van der Waals surface area contributed by atoms with Crippen molar-refractivity contribution in [2.45, 2.75) is 66.0 Å². The minimum absolute atomic E-state index is 0.542. The van der Waals surface area contributed by atoms with Crippen LogP contribution in [0.25, 0.3) is 0 Å². The summed E-state index contributed by atoms with van der Waals surface area (Å²) in [4.78, 5) is 11.2. The normalized spacial score (nSPS) is 12.0. The summed E-state index contributed by atoms with van der Waals surface area (Å²) >= 11 is 0. The number of nitrogens with one attached hydrogen (secondary N) is 2. The van der Waals surface area contributed by atoms with Crippen molar-refractivity contribution in [1.82, 2.24) is 10.7 Å². The fourth-order valence-electron chi connectivity index (χ4n) is 2.96. The van der Waals surface area contributed by atoms with Gasteiger partial charge >= 0.3 is 5.97 Å². The highest BCUT2D eigenvalue weighted by molar-refractivity contribution is 5.81. The number of ether oxygens (including phenoxy) is 1. The van der Waals surface area contributed by atoms with Crippen LogP contribution in [0.4, 0.5) is 0 Å². The van der Waals surface area contributed by atoms with E-state index in [0.29, 0.717) is 18.2 Å². The summed E-state index contributed by atoms with van der Waals surface area (Å²) in [5, 5.41) is 17.2. The SMILES string of the molecule is Cc1ccc(CN/N=C(/CCCc2ccc(OC(C)(C)C(=O)O)cc2)NCC(C)C)cc1. The molecule has 2 aromatic carbocycles. The molecule has 32 heavy (non-hydrogen) atoms. The van der Waals surface area contributed by atoms with Crippen molar-refractivity contribution in [2.24, 2.45) is 11.0 Å². The molecule has 3 N–H and O–H groups in total. The first-order valence-corrected chi connectivity index (χ1v) is 11.3. The monoisotopic (exact) mass is 439 g/mol. The number of hydrazone groups is 1. The van der Waals surface area contributed by atoms with E-state index in [1.54, 1.807) is 13.8 Å². The molecule has 6 nitrogen and oxygen atoms in total. The van der Waals surface area contributed by atoms with E-state index in [9.17, 15) is 9.90 Å². The predicted molar refractivity (Wildman–Crippen MR) is 130 cm³/mol. The highest BCUT2D eigenvalue weighted by Gasteiger charge is 2.29. The van der Waals surface area contributed by atoms with Crippen molar-refractivity contribution < 1.29 is 14.6 Å². The molecule has 0 bridgehead atoms. The fraction of sp³-hybridized carbons (Fsp3) is 0.462. The van der Waals surface area contributed by atoms with Gasteiger partial charge in [0.15, 0.2) is 5.60 Å². The molecule has 2 aromatic rings. The zero-order valence-corrected chi connectivity index (χ0v) is 19.9. The van der Waals surface area contributed by atoms with Crippen LogP contribution in [-0.4, -0.2) is 29.1 Å². The number of nitrogens with zero attached hydrogens (tertiary/aromatic N) is 1. The number of rotatable bonds is 12. The molecule has 2 rings (SSSR count). The summed E-state index contributed by atoms with van der Waals surface area (Å²) in [5.74, 6) is 1.08. The molecule has 0 saturated carbocycles. The molecule has 174 valence electrons. The number of carboxylic acid groups (broad SMARTS) is 1. The second-order valence-corrected chi connectivity index (χ2v) is 9.07. The molecule has 0 aliphatic rings. The third kappa shape index (κ3) is 9.00. The summed E-state index contributed by atoms with van der Waals surface area (Å²) < 4.78 is 5.57. The Labute approximate surface area is 192 Å². The van der Waals surface area contributed by atoms with E-state index in [0.717, 1.165) is 31.6 Å². The van der Waals surface area contributed by atoms with Crippen molar-refractivity contribution in [3.63, 3.8) is 0 Å². The smallest absolute Gasteiger partial charge is 0.347 e. The van der Waals surface area contributed by atoms with Gasteiger partial charge < -0.3 is 20.6 Å². The minimum Gasteiger partial charge on any atom is -0.478 e. The Kier molecular flexibility index (Phi) is 9.57. The maximum absolute atomic E-state index is 11.2. The van der Waals surface area contributed by atoms with Crippen LogP contribution in [0.3, 0.4) is 0 Å². The van der Waals surface area contributed by atoms with E-state index in [-0.39, 0.29) is 0 Å². The number of carbonyl (C=O) groups is 1. The van der Waals surface area contributed by atoms with Gasteiger partial charge in [0.25, 0.3) is 0 Å². The molecular formula is C26H37N3O3. The molecular weight excluding hydrogens is 402 g/mol. The van der Waals surface area contributed by atoms with Gasteiger partial charge in [0.1, 0.15) is 11.6 Å². The van der Waals surface area contributed by atoms with Crippen LogP contribution in [0, 0.1) is 12.8 Å². The third-order valence-electron chi connectivity index (χ3n) is 5.02. The fourth-order valence-corrected chi connectivity index (χ4v) is 2.96. The Morgan fingerprint density at radius 1 is 1.06 bits per heavy atom. The second-order valence-electron chi connectivity index (χ2n) is 9.07. The zero-order valence-electron chi connectivity index (χ0n) is 19.9. The maximum atomic E-state index is 11.2. The van der Waals surface area contributed by atoms with Gasteiger partial charge in [-0.1, -0.05) is 55.8 Å². The zero-order chi connectivity index (χ0) is 23.6. The summed E-state index contributed by atoms with van der Waals surface area (Å²) in [5.41, 5.74) is 5.58. The molecule has 0 fully saturated rings. The minimum atomic E-state index is -1.25. The van der Waals surface area contributed by atoms with Crippen LogP contribution in [0.5, 0.6) is 5.75 Å². The van der Waals surface area contributed by atoms with E-state index in [1.807, 2.05) is 24.3 Å². The van der Waals surface area contributed by atoms with Crippen LogP contribution in [0.1, 0.15) is 57.2 Å². The molecule has 0 unspecified atom stereocenters. The van der Waals surface area contributed by atoms with Crippen LogP contribution < -0.4 is 15.5 Å². The Morgan fingerprint density at radius 3 is 2.28 bits per heavy atom. The number of aliphatic carboxylic acids is 1. The van der Waals surface area contributed by atoms with E-state index >= 15 is 0 Å². The Bertz CT molecular complexity index is 872. The topological polar surface area (TPSA) is 83.0 Å². The Morgan fingerprint density at radius 2 is 1.69 bits per heavy atom. The van der Waals surface area contributed by atoms with Crippen molar-refractivity contribution in [2.75, 3.05) is 6.54 Å². The standard InChI is InChI=1S/C26H37N3O3/c1-19(2)17-27-24(29-28-18-22-11-9-20(3)10-12-22)8-6-7-21-13-15-23(16-14-21)32-26(4,5)25(30)31/h9-16,19,28H,6-8,17-18H2,1-5H3,(H,27,29)(H,30,31). The molecule has 0 aliphatic heterocycles. The summed E-state index contributed by atoms with van der Waals surface area (Å²) in [6, 6.07) is 16.1. The average Bonchev–Trinajstić information content (AvgIpc) is 2.74. The van der Waals surface area contributed by atoms with E-state index in [2.05, 4.69) is 60.9 Å². The van der Waals surface area contributed by atoms with Gasteiger partial charge in [-0.2, -0.15) is 5.10 Å². The summed E-state index contributed by atoms with van der Waals surface area (Å²) in [7, 11) is 0. The van der Waals surface area contributed by atoms with Crippen molar-refractivity contribution in [3.8, 4) is 5.75 Å². The van der Waals surface area contributed by atoms with Gasteiger partial charge in [0.05, 0.1) is 6.54 Å². The average molecular weight is 440 g/mol. The van der Waals surface area contributed by atoms with E-state index in [1.165, 1.54) is 16.7 Å². The van der Waals surface area contributed by atoms with Crippen molar-refractivity contribution >= 4 is 11.8 Å². The van der Waals surface area contributed by atoms with Crippen LogP contribution in [-0.2, 0) is 17.8 Å². The van der Waals surface area contributed by atoms with Crippen LogP contribution >= 0.6 is 0 Å². The highest BCUT2D eigenvalue weighted by atomic mass is 16.5. The first kappa shape index (κ1) is 25.2. The molecule has 6 heteroatoms. The van der Waals surface area contributed by atoms with Gasteiger partial charge in [0.2, 0.25) is 0 Å². The largest absolute Gasteiger partial charge is 0.478 e. The third-order valence-corrected chi connectivity index (χ3v) is 5.02. The van der Waals surface area contributed by atoms with Crippen molar-refractivity contribution in [3.05, 3.63) is 65.2 Å². The molecule has 0 spiro atoms. The molecule has 0 saturated heterocycles. The number of hydrogen-bond acceptors (Lipinski definition) is 4. The maximum Gasteiger partial charge on any atom is 0.347 e. The van der Waals surface area contributed by atoms with Gasteiger partial charge in [-0.3, -0.25) is 0 Å². The first-order chi connectivity index (χ1) is 15.2. The molecule has 0 radical (unpaired) electrons. The Balaban J connectivity index is 1.87. The number of hydrogen-bond donors (Lipinski definition) is 3. The lowest BCUT2D eigenvalue weighted by Crippen LogP contribution is -2.37. The second kappa shape index (κ2) is 12.1. The number of amidine groups is 1. The summed E-state index contributed by atoms with van der Waals surface area (Å²) in [6.45, 7) is 11.1. The highest BCUT2D eigenvalue weighted by Crippen LogP contribution is 2.20.